The Labute approximate surface area is 76.8 Å². The van der Waals surface area contributed by atoms with Crippen LogP contribution >= 0.6 is 11.6 Å². The second kappa shape index (κ2) is 3.16. The third kappa shape index (κ3) is 1.30. The third-order valence-electron chi connectivity index (χ3n) is 1.81. The minimum atomic E-state index is -0.203. The Hall–Kier alpha value is -1.01. The van der Waals surface area contributed by atoms with Gasteiger partial charge in [-0.15, -0.1) is 0 Å². The molecule has 0 radical (unpaired) electrons. The summed E-state index contributed by atoms with van der Waals surface area (Å²) in [5.41, 5.74) is 1.68. The van der Waals surface area contributed by atoms with Crippen LogP contribution in [0.3, 0.4) is 0 Å². The molecule has 1 heterocycles. The highest BCUT2D eigenvalue weighted by Gasteiger charge is 2.20. The highest BCUT2D eigenvalue weighted by molar-refractivity contribution is 6.30. The SMILES string of the molecule is [C-]#[N+]C(C)c1c(C)nn(C)c1Cl. The van der Waals surface area contributed by atoms with Crippen LogP contribution in [0.5, 0.6) is 0 Å². The molecule has 0 fully saturated rings. The van der Waals surface area contributed by atoms with E-state index in [4.69, 9.17) is 18.2 Å². The summed E-state index contributed by atoms with van der Waals surface area (Å²) in [6.07, 6.45) is 0. The van der Waals surface area contributed by atoms with Crippen molar-refractivity contribution in [1.82, 2.24) is 9.78 Å². The van der Waals surface area contributed by atoms with Crippen LogP contribution in [0.25, 0.3) is 4.85 Å². The Bertz CT molecular complexity index is 335. The monoisotopic (exact) mass is 183 g/mol. The van der Waals surface area contributed by atoms with Gasteiger partial charge in [0.05, 0.1) is 11.3 Å². The molecule has 0 aromatic carbocycles. The van der Waals surface area contributed by atoms with Crippen LogP contribution in [-0.2, 0) is 7.05 Å². The topological polar surface area (TPSA) is 22.2 Å². The molecule has 64 valence electrons. The van der Waals surface area contributed by atoms with Gasteiger partial charge in [-0.25, -0.2) is 6.57 Å². The van der Waals surface area contributed by atoms with Gasteiger partial charge in [-0.2, -0.15) is 5.10 Å². The van der Waals surface area contributed by atoms with E-state index >= 15 is 0 Å². The Morgan fingerprint density at radius 3 is 2.58 bits per heavy atom. The molecule has 1 aromatic rings. The molecule has 0 bridgehead atoms. The van der Waals surface area contributed by atoms with Gasteiger partial charge in [0.25, 0.3) is 6.04 Å². The summed E-state index contributed by atoms with van der Waals surface area (Å²) in [6, 6.07) is -0.203. The standard InChI is InChI=1S/C8H10ClN3/c1-5(10-3)7-6(2)11-12(4)8(7)9/h5H,1-2,4H3. The zero-order valence-corrected chi connectivity index (χ0v) is 8.05. The van der Waals surface area contributed by atoms with Crippen molar-refractivity contribution in [3.05, 3.63) is 27.8 Å². The molecule has 1 aromatic heterocycles. The molecule has 0 saturated carbocycles. The van der Waals surface area contributed by atoms with Crippen LogP contribution in [0.2, 0.25) is 5.15 Å². The predicted molar refractivity (Wildman–Crippen MR) is 48.0 cm³/mol. The minimum absolute atomic E-state index is 0.203. The number of nitrogens with zero attached hydrogens (tertiary/aromatic N) is 3. The highest BCUT2D eigenvalue weighted by Crippen LogP contribution is 2.27. The summed E-state index contributed by atoms with van der Waals surface area (Å²) in [5.74, 6) is 0. The van der Waals surface area contributed by atoms with E-state index in [0.717, 1.165) is 11.3 Å². The van der Waals surface area contributed by atoms with Crippen molar-refractivity contribution < 1.29 is 0 Å². The molecule has 1 atom stereocenters. The molecule has 1 unspecified atom stereocenters. The first kappa shape index (κ1) is 9.08. The molecule has 12 heavy (non-hydrogen) atoms. The Kier molecular flexibility index (Phi) is 2.39. The Morgan fingerprint density at radius 1 is 1.67 bits per heavy atom. The number of halogens is 1. The number of rotatable bonds is 1. The van der Waals surface area contributed by atoms with Gasteiger partial charge in [-0.05, 0) is 6.92 Å². The number of aryl methyl sites for hydroxylation is 2. The molecule has 0 aliphatic heterocycles. The van der Waals surface area contributed by atoms with Crippen molar-refractivity contribution in [2.45, 2.75) is 19.9 Å². The van der Waals surface area contributed by atoms with E-state index in [0.29, 0.717) is 5.15 Å². The van der Waals surface area contributed by atoms with Crippen LogP contribution in [0.15, 0.2) is 0 Å². The van der Waals surface area contributed by atoms with Gasteiger partial charge in [0.1, 0.15) is 5.15 Å². The van der Waals surface area contributed by atoms with Crippen molar-refractivity contribution in [2.24, 2.45) is 7.05 Å². The lowest BCUT2D eigenvalue weighted by atomic mass is 10.1. The lowest BCUT2D eigenvalue weighted by Crippen LogP contribution is -1.90. The van der Waals surface area contributed by atoms with Crippen LogP contribution < -0.4 is 0 Å². The Morgan fingerprint density at radius 2 is 2.25 bits per heavy atom. The van der Waals surface area contributed by atoms with E-state index in [1.165, 1.54) is 0 Å². The average molecular weight is 184 g/mol. The summed E-state index contributed by atoms with van der Waals surface area (Å²) in [7, 11) is 1.77. The van der Waals surface area contributed by atoms with Crippen molar-refractivity contribution in [1.29, 1.82) is 0 Å². The summed E-state index contributed by atoms with van der Waals surface area (Å²) in [5, 5.41) is 4.69. The van der Waals surface area contributed by atoms with Crippen LogP contribution in [-0.4, -0.2) is 9.78 Å². The fourth-order valence-electron chi connectivity index (χ4n) is 1.19. The molecule has 0 saturated heterocycles. The Balaban J connectivity index is 3.24. The predicted octanol–water partition coefficient (Wildman–Crippen LogP) is 2.36. The lowest BCUT2D eigenvalue weighted by Gasteiger charge is -1.96. The molecule has 3 nitrogen and oxygen atoms in total. The van der Waals surface area contributed by atoms with Crippen LogP contribution in [0, 0.1) is 13.5 Å². The van der Waals surface area contributed by atoms with Gasteiger partial charge >= 0.3 is 0 Å². The quantitative estimate of drug-likeness (QED) is 0.613. The summed E-state index contributed by atoms with van der Waals surface area (Å²) in [4.78, 5) is 3.41. The molecule has 4 heteroatoms. The largest absolute Gasteiger partial charge is 0.309 e. The van der Waals surface area contributed by atoms with Crippen LogP contribution in [0.1, 0.15) is 24.2 Å². The first-order valence-corrected chi connectivity index (χ1v) is 4.01. The molecule has 0 spiro atoms. The minimum Gasteiger partial charge on any atom is -0.309 e. The van der Waals surface area contributed by atoms with E-state index in [2.05, 4.69) is 9.94 Å². The van der Waals surface area contributed by atoms with Gasteiger partial charge in [0.2, 0.25) is 0 Å². The highest BCUT2D eigenvalue weighted by atomic mass is 35.5. The zero-order chi connectivity index (χ0) is 9.30. The zero-order valence-electron chi connectivity index (χ0n) is 7.30. The molecule has 0 N–H and O–H groups in total. The lowest BCUT2D eigenvalue weighted by molar-refractivity contribution is 0.757. The summed E-state index contributed by atoms with van der Waals surface area (Å²) in [6.45, 7) is 10.6. The maximum Gasteiger partial charge on any atom is 0.250 e. The molecule has 0 amide bonds. The third-order valence-corrected chi connectivity index (χ3v) is 2.26. The van der Waals surface area contributed by atoms with Gasteiger partial charge in [0.15, 0.2) is 0 Å². The maximum atomic E-state index is 6.88. The fraction of sp³-hybridized carbons (Fsp3) is 0.500. The average Bonchev–Trinajstić information content (AvgIpc) is 2.26. The van der Waals surface area contributed by atoms with E-state index < -0.39 is 0 Å². The molecular weight excluding hydrogens is 174 g/mol. The molecule has 1 rings (SSSR count). The van der Waals surface area contributed by atoms with E-state index in [1.807, 2.05) is 13.8 Å². The second-order valence-electron chi connectivity index (χ2n) is 2.72. The summed E-state index contributed by atoms with van der Waals surface area (Å²) >= 11 is 5.94. The van der Waals surface area contributed by atoms with E-state index in [1.54, 1.807) is 11.7 Å². The molecule has 0 aliphatic rings. The normalized spacial score (nSPS) is 12.6. The number of hydrogen-bond donors (Lipinski definition) is 0. The van der Waals surface area contributed by atoms with Crippen LogP contribution in [0.4, 0.5) is 0 Å². The van der Waals surface area contributed by atoms with Gasteiger partial charge in [-0.3, -0.25) is 4.68 Å². The van der Waals surface area contributed by atoms with Crippen molar-refractivity contribution >= 4 is 11.6 Å². The van der Waals surface area contributed by atoms with E-state index in [9.17, 15) is 0 Å². The second-order valence-corrected chi connectivity index (χ2v) is 3.08. The molecular formula is C8H10ClN3. The van der Waals surface area contributed by atoms with Gasteiger partial charge < -0.3 is 4.85 Å². The maximum absolute atomic E-state index is 6.88. The molecule has 0 aliphatic carbocycles. The van der Waals surface area contributed by atoms with E-state index in [-0.39, 0.29) is 6.04 Å². The first-order chi connectivity index (χ1) is 5.57. The fourth-order valence-corrected chi connectivity index (χ4v) is 1.52. The smallest absolute Gasteiger partial charge is 0.250 e. The number of aromatic nitrogens is 2. The van der Waals surface area contributed by atoms with Gasteiger partial charge in [-0.1, -0.05) is 11.6 Å². The first-order valence-electron chi connectivity index (χ1n) is 3.63. The van der Waals surface area contributed by atoms with Gasteiger partial charge in [0, 0.05) is 14.0 Å². The number of hydrogen-bond acceptors (Lipinski definition) is 1. The van der Waals surface area contributed by atoms with Crippen molar-refractivity contribution in [2.75, 3.05) is 0 Å². The van der Waals surface area contributed by atoms with Crippen molar-refractivity contribution in [3.63, 3.8) is 0 Å². The van der Waals surface area contributed by atoms with Crippen molar-refractivity contribution in [3.8, 4) is 0 Å². The summed E-state index contributed by atoms with van der Waals surface area (Å²) < 4.78 is 1.59.